The minimum atomic E-state index is -1.31. The fraction of sp³-hybridized carbons (Fsp3) is 0.150. The molecule has 1 aliphatic carbocycles. The lowest BCUT2D eigenvalue weighted by Crippen LogP contribution is -2.48. The van der Waals surface area contributed by atoms with Gasteiger partial charge in [-0.25, -0.2) is 14.4 Å². The maximum absolute atomic E-state index is 13.9. The van der Waals surface area contributed by atoms with Crippen LogP contribution < -0.4 is 5.32 Å². The van der Waals surface area contributed by atoms with Gasteiger partial charge < -0.3 is 14.8 Å². The predicted molar refractivity (Wildman–Crippen MR) is 179 cm³/mol. The van der Waals surface area contributed by atoms with Crippen molar-refractivity contribution in [2.45, 2.75) is 30.3 Å². The number of nitrogens with one attached hydrogen (secondary N) is 1. The highest BCUT2D eigenvalue weighted by atomic mass is 16.6. The molecular formula is C40H32N2O6. The molecule has 0 spiro atoms. The zero-order valence-electron chi connectivity index (χ0n) is 26.0. The highest BCUT2D eigenvalue weighted by Crippen LogP contribution is 2.44. The second kappa shape index (κ2) is 13.0. The van der Waals surface area contributed by atoms with Gasteiger partial charge in [0.05, 0.1) is 0 Å². The van der Waals surface area contributed by atoms with Crippen LogP contribution >= 0.6 is 0 Å². The number of hydrogen-bond acceptors (Lipinski definition) is 6. The number of carbonyl (C=O) groups is 4. The van der Waals surface area contributed by atoms with Crippen molar-refractivity contribution in [1.82, 2.24) is 10.2 Å². The molecule has 7 rings (SSSR count). The highest BCUT2D eigenvalue weighted by molar-refractivity contribution is 6.04. The lowest BCUT2D eigenvalue weighted by molar-refractivity contribution is -0.136. The van der Waals surface area contributed by atoms with E-state index in [0.717, 1.165) is 38.9 Å². The van der Waals surface area contributed by atoms with Gasteiger partial charge in [-0.05, 0) is 45.4 Å². The first-order chi connectivity index (χ1) is 23.5. The molecule has 1 fully saturated rings. The van der Waals surface area contributed by atoms with Crippen LogP contribution in [0.25, 0.3) is 11.1 Å². The minimum Gasteiger partial charge on any atom is -0.448 e. The summed E-state index contributed by atoms with van der Waals surface area (Å²) in [6.45, 7) is -0.0359. The lowest BCUT2D eigenvalue weighted by atomic mass is 9.77. The first-order valence-corrected chi connectivity index (χ1v) is 15.8. The van der Waals surface area contributed by atoms with Gasteiger partial charge in [0.1, 0.15) is 18.2 Å². The zero-order valence-corrected chi connectivity index (χ0v) is 26.0. The molecule has 1 N–H and O–H groups in total. The van der Waals surface area contributed by atoms with Gasteiger partial charge in [-0.1, -0.05) is 140 Å². The number of fused-ring (bicyclic) bond motifs is 3. The SMILES string of the molecule is O=C(CC[C@H]1C(=O)OC(=O)N1C(=O)OCC1c2ccccc2-c2ccccc21)NC(c1ccccc1)(c1ccccc1)c1ccccc1. The van der Waals surface area contributed by atoms with Crippen LogP contribution in [0.5, 0.6) is 0 Å². The first kappa shape index (κ1) is 30.6. The van der Waals surface area contributed by atoms with Crippen LogP contribution in [0.1, 0.15) is 46.6 Å². The minimum absolute atomic E-state index is 0.0359. The molecule has 8 heteroatoms. The van der Waals surface area contributed by atoms with E-state index in [1.54, 1.807) is 0 Å². The number of cyclic esters (lactones) is 2. The fourth-order valence-corrected chi connectivity index (χ4v) is 6.87. The summed E-state index contributed by atoms with van der Waals surface area (Å²) < 4.78 is 10.5. The quantitative estimate of drug-likeness (QED) is 0.105. The Hall–Kier alpha value is -6.02. The summed E-state index contributed by atoms with van der Waals surface area (Å²) in [4.78, 5) is 53.5. The first-order valence-electron chi connectivity index (χ1n) is 15.8. The molecule has 1 heterocycles. The van der Waals surface area contributed by atoms with Gasteiger partial charge in [0.25, 0.3) is 0 Å². The molecule has 0 bridgehead atoms. The summed E-state index contributed by atoms with van der Waals surface area (Å²) in [5.74, 6) is -1.52. The number of imide groups is 1. The average molecular weight is 637 g/mol. The number of amides is 3. The number of esters is 1. The van der Waals surface area contributed by atoms with Crippen LogP contribution in [0.3, 0.4) is 0 Å². The summed E-state index contributed by atoms with van der Waals surface area (Å²) in [5.41, 5.74) is 5.61. The Morgan fingerprint density at radius 2 is 1.12 bits per heavy atom. The van der Waals surface area contributed by atoms with Crippen LogP contribution in [0, 0.1) is 0 Å². The van der Waals surface area contributed by atoms with E-state index in [1.165, 1.54) is 0 Å². The smallest absolute Gasteiger partial charge is 0.427 e. The summed E-state index contributed by atoms with van der Waals surface area (Å²) in [6.07, 6.45) is -2.43. The van der Waals surface area contributed by atoms with Gasteiger partial charge in [-0.2, -0.15) is 4.90 Å². The highest BCUT2D eigenvalue weighted by Gasteiger charge is 2.47. The van der Waals surface area contributed by atoms with Crippen molar-refractivity contribution in [1.29, 1.82) is 0 Å². The molecule has 5 aromatic carbocycles. The molecule has 0 aromatic heterocycles. The second-order valence-electron chi connectivity index (χ2n) is 11.8. The Balaban J connectivity index is 1.10. The molecule has 238 valence electrons. The third-order valence-corrected chi connectivity index (χ3v) is 9.09. The molecule has 8 nitrogen and oxygen atoms in total. The van der Waals surface area contributed by atoms with E-state index in [0.29, 0.717) is 4.90 Å². The Bertz CT molecular complexity index is 1840. The van der Waals surface area contributed by atoms with Crippen molar-refractivity contribution in [3.63, 3.8) is 0 Å². The van der Waals surface area contributed by atoms with Crippen molar-refractivity contribution in [3.05, 3.63) is 167 Å². The van der Waals surface area contributed by atoms with Crippen LogP contribution in [-0.4, -0.2) is 41.6 Å². The van der Waals surface area contributed by atoms with E-state index < -0.39 is 29.7 Å². The largest absolute Gasteiger partial charge is 0.448 e. The van der Waals surface area contributed by atoms with Gasteiger partial charge in [-0.15, -0.1) is 0 Å². The van der Waals surface area contributed by atoms with Gasteiger partial charge in [0, 0.05) is 12.3 Å². The number of nitrogens with zero attached hydrogens (tertiary/aromatic N) is 1. The van der Waals surface area contributed by atoms with E-state index in [-0.39, 0.29) is 31.3 Å². The van der Waals surface area contributed by atoms with Crippen molar-refractivity contribution in [2.75, 3.05) is 6.61 Å². The monoisotopic (exact) mass is 636 g/mol. The van der Waals surface area contributed by atoms with E-state index in [4.69, 9.17) is 9.47 Å². The number of hydrogen-bond donors (Lipinski definition) is 1. The molecule has 2 aliphatic rings. The van der Waals surface area contributed by atoms with Crippen LogP contribution in [0.4, 0.5) is 9.59 Å². The number of carbonyl (C=O) groups excluding carboxylic acids is 4. The van der Waals surface area contributed by atoms with Crippen molar-refractivity contribution in [3.8, 4) is 11.1 Å². The van der Waals surface area contributed by atoms with E-state index in [1.807, 2.05) is 140 Å². The molecule has 0 radical (unpaired) electrons. The number of rotatable bonds is 9. The van der Waals surface area contributed by atoms with E-state index in [2.05, 4.69) is 5.32 Å². The Labute approximate surface area is 277 Å². The van der Waals surface area contributed by atoms with Crippen LogP contribution in [0.2, 0.25) is 0 Å². The maximum Gasteiger partial charge on any atom is 0.427 e. The summed E-state index contributed by atoms with van der Waals surface area (Å²) in [5, 5.41) is 3.24. The predicted octanol–water partition coefficient (Wildman–Crippen LogP) is 7.17. The van der Waals surface area contributed by atoms with E-state index in [9.17, 15) is 19.2 Å². The third-order valence-electron chi connectivity index (χ3n) is 9.09. The summed E-state index contributed by atoms with van der Waals surface area (Å²) >= 11 is 0. The Morgan fingerprint density at radius 1 is 0.667 bits per heavy atom. The third kappa shape index (κ3) is 5.51. The molecule has 1 saturated heterocycles. The number of benzene rings is 5. The van der Waals surface area contributed by atoms with Gasteiger partial charge >= 0.3 is 18.2 Å². The lowest BCUT2D eigenvalue weighted by Gasteiger charge is -2.37. The van der Waals surface area contributed by atoms with Crippen molar-refractivity contribution in [2.24, 2.45) is 0 Å². The standard InChI is InChI=1S/C40H32N2O6/c43-36(41-40(27-14-4-1-5-15-27,28-16-6-2-7-17-28)29-18-8-3-9-19-29)25-24-35-37(44)48-39(46)42(35)38(45)47-26-34-32-22-12-10-20-30(32)31-21-11-13-23-33(31)34/h1-23,34-35H,24-26H2,(H,41,43)/t35-/m0/s1. The molecule has 5 aromatic rings. The van der Waals surface area contributed by atoms with Crippen LogP contribution in [-0.2, 0) is 24.6 Å². The molecule has 48 heavy (non-hydrogen) atoms. The Morgan fingerprint density at radius 3 is 1.62 bits per heavy atom. The molecule has 0 unspecified atom stereocenters. The molecule has 1 atom stereocenters. The molecule has 1 aliphatic heterocycles. The fourth-order valence-electron chi connectivity index (χ4n) is 6.87. The molecular weight excluding hydrogens is 604 g/mol. The van der Waals surface area contributed by atoms with Gasteiger partial charge in [-0.3, -0.25) is 4.79 Å². The Kier molecular flexibility index (Phi) is 8.29. The van der Waals surface area contributed by atoms with Crippen LogP contribution in [0.15, 0.2) is 140 Å². The summed E-state index contributed by atoms with van der Waals surface area (Å²) in [7, 11) is 0. The number of ether oxygens (including phenoxy) is 2. The molecule has 0 saturated carbocycles. The average Bonchev–Trinajstić information content (AvgIpc) is 3.61. The normalized spacial score (nSPS) is 15.4. The second-order valence-corrected chi connectivity index (χ2v) is 11.8. The van der Waals surface area contributed by atoms with Gasteiger partial charge in [0.15, 0.2) is 0 Å². The maximum atomic E-state index is 13.9. The van der Waals surface area contributed by atoms with Crippen molar-refractivity contribution < 1.29 is 28.7 Å². The van der Waals surface area contributed by atoms with E-state index >= 15 is 0 Å². The molecule has 3 amide bonds. The van der Waals surface area contributed by atoms with Gasteiger partial charge in [0.2, 0.25) is 5.91 Å². The summed E-state index contributed by atoms with van der Waals surface area (Å²) in [6, 6.07) is 43.4. The zero-order chi connectivity index (χ0) is 33.1. The topological polar surface area (TPSA) is 102 Å². The van der Waals surface area contributed by atoms with Crippen molar-refractivity contribution >= 4 is 24.1 Å².